The van der Waals surface area contributed by atoms with Crippen molar-refractivity contribution in [1.82, 2.24) is 9.88 Å². The molecule has 9 atom stereocenters. The molecule has 0 amide bonds. The molecule has 0 spiro atoms. The summed E-state index contributed by atoms with van der Waals surface area (Å²) in [4.78, 5) is 42.7. The fraction of sp³-hybridized carbons (Fsp3) is 0.625. The molecule has 9 nitrogen and oxygen atoms in total. The third kappa shape index (κ3) is 4.62. The number of nitrogens with one attached hydrogen (secondary N) is 1. The number of carbonyl (C=O) groups excluding carboxylic acids is 2. The Labute approximate surface area is 296 Å². The van der Waals surface area contributed by atoms with Gasteiger partial charge in [-0.3, -0.25) is 14.4 Å². The Hall–Kier alpha value is -3.41. The summed E-state index contributed by atoms with van der Waals surface area (Å²) in [5.74, 6) is -2.56. The van der Waals surface area contributed by atoms with Gasteiger partial charge in [0, 0.05) is 66.6 Å². The summed E-state index contributed by atoms with van der Waals surface area (Å²) in [6.45, 7) is 9.18. The molecular weight excluding hydrogens is 656 g/mol. The average Bonchev–Trinajstić information content (AvgIpc) is 3.89. The van der Waals surface area contributed by atoms with Crippen molar-refractivity contribution < 1.29 is 33.3 Å². The van der Waals surface area contributed by atoms with Crippen LogP contribution in [-0.4, -0.2) is 76.5 Å². The molecule has 8 rings (SSSR count). The molecule has 1 aliphatic heterocycles. The minimum absolute atomic E-state index is 0.0339. The third-order valence-corrected chi connectivity index (χ3v) is 14.1. The SMILES string of the molecule is COc1c(N2CCNC(C)C2)c(F)cc2c(=O)cc(CC(=O)[C@]3(O)[C@H](C)C[C@@H]4[C@H]5CCC6=CC(=O)C=C[C@@]6(C)[C@]5(F)[C@H](O)C[C@]43C)n(C3CC3)c12. The fourth-order valence-electron chi connectivity index (χ4n) is 11.4. The number of ether oxygens (including phenoxy) is 1. The number of piperazine rings is 1. The van der Waals surface area contributed by atoms with Crippen molar-refractivity contribution in [3.05, 3.63) is 57.7 Å². The van der Waals surface area contributed by atoms with E-state index in [4.69, 9.17) is 4.74 Å². The van der Waals surface area contributed by atoms with E-state index in [1.165, 1.54) is 31.4 Å². The molecule has 0 bridgehead atoms. The number of allylic oxidation sites excluding steroid dienone is 4. The number of anilines is 1. The normalized spacial score (nSPS) is 39.0. The van der Waals surface area contributed by atoms with E-state index >= 15 is 8.78 Å². The molecular formula is C40H49F2N3O6. The lowest BCUT2D eigenvalue weighted by atomic mass is 9.44. The van der Waals surface area contributed by atoms with Crippen LogP contribution in [-0.2, 0) is 16.0 Å². The van der Waals surface area contributed by atoms with Gasteiger partial charge in [0.15, 0.2) is 34.2 Å². The minimum atomic E-state index is -2.08. The highest BCUT2D eigenvalue weighted by Crippen LogP contribution is 2.70. The predicted octanol–water partition coefficient (Wildman–Crippen LogP) is 4.74. The van der Waals surface area contributed by atoms with E-state index in [2.05, 4.69) is 5.32 Å². The molecule has 3 N–H and O–H groups in total. The van der Waals surface area contributed by atoms with Crippen LogP contribution >= 0.6 is 0 Å². The number of fused-ring (bicyclic) bond motifs is 6. The van der Waals surface area contributed by atoms with Gasteiger partial charge in [0.1, 0.15) is 11.3 Å². The first-order valence-electron chi connectivity index (χ1n) is 18.6. The van der Waals surface area contributed by atoms with Crippen LogP contribution in [0, 0.1) is 34.4 Å². The number of Topliss-reactive ketones (excluding diaryl/α,β-unsaturated/α-hetero) is 1. The number of hydrogen-bond donors (Lipinski definition) is 3. The van der Waals surface area contributed by atoms with Crippen molar-refractivity contribution in [2.24, 2.45) is 28.6 Å². The molecule has 1 aromatic heterocycles. The number of aliphatic hydroxyl groups is 2. The maximum absolute atomic E-state index is 17.7. The predicted molar refractivity (Wildman–Crippen MR) is 189 cm³/mol. The quantitative estimate of drug-likeness (QED) is 0.395. The number of halogens is 2. The molecule has 5 fully saturated rings. The van der Waals surface area contributed by atoms with E-state index in [0.717, 1.165) is 12.8 Å². The van der Waals surface area contributed by atoms with Crippen molar-refractivity contribution in [3.63, 3.8) is 0 Å². The number of benzene rings is 1. The van der Waals surface area contributed by atoms with Crippen molar-refractivity contribution in [1.29, 1.82) is 0 Å². The number of hydrogen-bond acceptors (Lipinski definition) is 8. The van der Waals surface area contributed by atoms with Crippen LogP contribution in [0.5, 0.6) is 5.75 Å². The van der Waals surface area contributed by atoms with Crippen LogP contribution in [0.1, 0.15) is 78.0 Å². The first-order valence-corrected chi connectivity index (χ1v) is 18.6. The molecule has 6 aliphatic rings. The number of nitrogens with zero attached hydrogens (tertiary/aromatic N) is 2. The second kappa shape index (κ2) is 11.5. The first kappa shape index (κ1) is 34.7. The Morgan fingerprint density at radius 3 is 2.57 bits per heavy atom. The van der Waals surface area contributed by atoms with Gasteiger partial charge in [-0.15, -0.1) is 0 Å². The molecule has 2 heterocycles. The van der Waals surface area contributed by atoms with Gasteiger partial charge < -0.3 is 29.7 Å². The Bertz CT molecular complexity index is 1970. The van der Waals surface area contributed by atoms with Gasteiger partial charge in [0.05, 0.1) is 24.1 Å². The van der Waals surface area contributed by atoms with E-state index in [0.29, 0.717) is 55.7 Å². The number of alkyl halides is 1. The zero-order chi connectivity index (χ0) is 36.4. The largest absolute Gasteiger partial charge is 0.492 e. The Balaban J connectivity index is 1.20. The molecule has 1 unspecified atom stereocenters. The standard InChI is InChI=1S/C40H49F2N3O6/c1-21-14-29-28-9-6-23-15-26(46)10-11-37(23,3)39(28,42)33(49)19-38(29,4)40(21,50)32(48)17-25-16-31(47)27-18-30(41)35(44-13-12-43-22(2)20-44)36(51-5)34(27)45(25)24-7-8-24/h10-11,15-16,18,21-22,24,28-29,33,43,49-50H,6-9,12-14,17,19-20H2,1-5H3/t21-,22?,28-,29-,33-,37-,38-,39-,40-/m1/s1. The average molecular weight is 706 g/mol. The Morgan fingerprint density at radius 1 is 1.14 bits per heavy atom. The van der Waals surface area contributed by atoms with Crippen LogP contribution in [0.3, 0.4) is 0 Å². The number of methoxy groups -OCH3 is 1. The van der Waals surface area contributed by atoms with Crippen molar-refractivity contribution >= 4 is 28.2 Å². The van der Waals surface area contributed by atoms with Crippen LogP contribution in [0.15, 0.2) is 40.7 Å². The zero-order valence-corrected chi connectivity index (χ0v) is 30.1. The van der Waals surface area contributed by atoms with Gasteiger partial charge in [-0.25, -0.2) is 8.78 Å². The lowest BCUT2D eigenvalue weighted by Gasteiger charge is -2.62. The van der Waals surface area contributed by atoms with Crippen LogP contribution in [0.4, 0.5) is 14.5 Å². The second-order valence-electron chi connectivity index (χ2n) is 16.8. The highest BCUT2D eigenvalue weighted by molar-refractivity contribution is 6.01. The lowest BCUT2D eigenvalue weighted by molar-refractivity contribution is -0.218. The second-order valence-corrected chi connectivity index (χ2v) is 16.8. The van der Waals surface area contributed by atoms with E-state index in [1.807, 2.05) is 30.2 Å². The summed E-state index contributed by atoms with van der Waals surface area (Å²) in [6.07, 6.45) is 5.49. The summed E-state index contributed by atoms with van der Waals surface area (Å²) in [5.41, 5.74) is -4.93. The molecule has 1 saturated heterocycles. The topological polar surface area (TPSA) is 121 Å². The van der Waals surface area contributed by atoms with E-state index in [9.17, 15) is 24.6 Å². The Kier molecular flexibility index (Phi) is 7.85. The monoisotopic (exact) mass is 705 g/mol. The number of ketones is 2. The summed E-state index contributed by atoms with van der Waals surface area (Å²) in [7, 11) is 1.47. The van der Waals surface area contributed by atoms with Crippen molar-refractivity contribution in [2.75, 3.05) is 31.6 Å². The van der Waals surface area contributed by atoms with Crippen molar-refractivity contribution in [2.45, 2.75) is 102 Å². The third-order valence-electron chi connectivity index (χ3n) is 14.1. The molecule has 5 aliphatic carbocycles. The molecule has 1 aromatic carbocycles. The van der Waals surface area contributed by atoms with Crippen LogP contribution < -0.4 is 20.4 Å². The summed E-state index contributed by atoms with van der Waals surface area (Å²) in [5, 5.41) is 28.1. The molecule has 4 saturated carbocycles. The molecule has 0 radical (unpaired) electrons. The van der Waals surface area contributed by atoms with Crippen LogP contribution in [0.25, 0.3) is 10.9 Å². The number of carbonyl (C=O) groups is 2. The lowest BCUT2D eigenvalue weighted by Crippen LogP contribution is -2.69. The molecule has 2 aromatic rings. The first-order chi connectivity index (χ1) is 24.1. The zero-order valence-electron chi connectivity index (χ0n) is 30.1. The smallest absolute Gasteiger partial charge is 0.189 e. The van der Waals surface area contributed by atoms with Gasteiger partial charge in [-0.05, 0) is 82.4 Å². The highest BCUT2D eigenvalue weighted by Gasteiger charge is 2.75. The van der Waals surface area contributed by atoms with Crippen LogP contribution in [0.2, 0.25) is 0 Å². The van der Waals surface area contributed by atoms with Gasteiger partial charge in [0.2, 0.25) is 0 Å². The summed E-state index contributed by atoms with van der Waals surface area (Å²) >= 11 is 0. The molecule has 274 valence electrons. The molecule has 11 heteroatoms. The van der Waals surface area contributed by atoms with Gasteiger partial charge in [-0.2, -0.15) is 0 Å². The van der Waals surface area contributed by atoms with E-state index in [-0.39, 0.29) is 47.5 Å². The number of aliphatic hydroxyl groups excluding tert-OH is 1. The summed E-state index contributed by atoms with van der Waals surface area (Å²) < 4.78 is 41.5. The van der Waals surface area contributed by atoms with Gasteiger partial charge in [-0.1, -0.05) is 25.5 Å². The number of pyridine rings is 1. The minimum Gasteiger partial charge on any atom is -0.492 e. The number of rotatable bonds is 6. The van der Waals surface area contributed by atoms with Crippen molar-refractivity contribution in [3.8, 4) is 5.75 Å². The van der Waals surface area contributed by atoms with E-state index in [1.54, 1.807) is 13.0 Å². The number of aromatic nitrogens is 1. The Morgan fingerprint density at radius 2 is 1.88 bits per heavy atom. The summed E-state index contributed by atoms with van der Waals surface area (Å²) in [6, 6.07) is 2.75. The molecule has 51 heavy (non-hydrogen) atoms. The highest BCUT2D eigenvalue weighted by atomic mass is 19.1. The fourth-order valence-corrected chi connectivity index (χ4v) is 11.4. The van der Waals surface area contributed by atoms with E-state index < -0.39 is 63.0 Å². The van der Waals surface area contributed by atoms with Gasteiger partial charge >= 0.3 is 0 Å². The van der Waals surface area contributed by atoms with Gasteiger partial charge in [0.25, 0.3) is 0 Å². The maximum atomic E-state index is 17.7. The maximum Gasteiger partial charge on any atom is 0.189 e.